The molecular weight excluding hydrogens is 330 g/mol. The van der Waals surface area contributed by atoms with Crippen molar-refractivity contribution in [2.45, 2.75) is 26.4 Å². The maximum absolute atomic E-state index is 12.8. The number of carbonyl (C=O) groups is 2. The normalized spacial score (nSPS) is 11.7. The van der Waals surface area contributed by atoms with Gasteiger partial charge in [-0.1, -0.05) is 19.9 Å². The predicted molar refractivity (Wildman–Crippen MR) is 99.8 cm³/mol. The van der Waals surface area contributed by atoms with E-state index in [1.807, 2.05) is 32.0 Å². The lowest BCUT2D eigenvalue weighted by atomic mass is 10.0. The first-order chi connectivity index (χ1) is 12.4. The van der Waals surface area contributed by atoms with Crippen LogP contribution in [-0.2, 0) is 11.3 Å². The van der Waals surface area contributed by atoms with Gasteiger partial charge in [0.2, 0.25) is 5.91 Å². The van der Waals surface area contributed by atoms with Crippen LogP contribution in [0.25, 0.3) is 0 Å². The van der Waals surface area contributed by atoms with E-state index in [4.69, 9.17) is 4.74 Å². The minimum atomic E-state index is -0.613. The maximum atomic E-state index is 12.8. The fourth-order valence-electron chi connectivity index (χ4n) is 2.53. The topological polar surface area (TPSA) is 71.5 Å². The molecular formula is C20H25N3O3. The van der Waals surface area contributed by atoms with Crippen molar-refractivity contribution in [1.82, 2.24) is 15.2 Å². The Labute approximate surface area is 154 Å². The van der Waals surface area contributed by atoms with Crippen LogP contribution in [0.4, 0.5) is 0 Å². The lowest BCUT2D eigenvalue weighted by Gasteiger charge is -2.27. The van der Waals surface area contributed by atoms with Crippen molar-refractivity contribution in [3.8, 4) is 5.75 Å². The van der Waals surface area contributed by atoms with Gasteiger partial charge in [0.25, 0.3) is 5.91 Å². The van der Waals surface area contributed by atoms with E-state index in [0.717, 1.165) is 5.69 Å². The smallest absolute Gasteiger partial charge is 0.251 e. The fourth-order valence-corrected chi connectivity index (χ4v) is 2.53. The highest BCUT2D eigenvalue weighted by molar-refractivity contribution is 5.97. The molecule has 0 aliphatic heterocycles. The number of nitrogens with one attached hydrogen (secondary N) is 1. The zero-order valence-corrected chi connectivity index (χ0v) is 15.6. The molecule has 0 aliphatic rings. The summed E-state index contributed by atoms with van der Waals surface area (Å²) in [5.74, 6) is 0.197. The van der Waals surface area contributed by atoms with E-state index >= 15 is 0 Å². The van der Waals surface area contributed by atoms with Gasteiger partial charge in [0, 0.05) is 18.8 Å². The number of amides is 2. The van der Waals surface area contributed by atoms with Gasteiger partial charge in [-0.3, -0.25) is 14.6 Å². The number of nitrogens with zero attached hydrogens (tertiary/aromatic N) is 2. The first-order valence-corrected chi connectivity index (χ1v) is 8.52. The number of hydrogen-bond donors (Lipinski definition) is 1. The number of benzene rings is 1. The van der Waals surface area contributed by atoms with E-state index < -0.39 is 6.04 Å². The molecule has 0 aliphatic carbocycles. The summed E-state index contributed by atoms with van der Waals surface area (Å²) < 4.78 is 5.10. The highest BCUT2D eigenvalue weighted by Gasteiger charge is 2.27. The minimum Gasteiger partial charge on any atom is -0.497 e. The van der Waals surface area contributed by atoms with Crippen LogP contribution < -0.4 is 10.1 Å². The standard InChI is InChI=1S/C20H25N3O3/c1-14(2)18(20(25)23(3)13-16-7-5-6-12-21-16)22-19(24)15-8-10-17(26-4)11-9-15/h5-12,14,18H,13H2,1-4H3,(H,22,24). The van der Waals surface area contributed by atoms with E-state index in [9.17, 15) is 9.59 Å². The summed E-state index contributed by atoms with van der Waals surface area (Å²) in [5, 5.41) is 2.85. The molecule has 6 heteroatoms. The van der Waals surface area contributed by atoms with E-state index in [-0.39, 0.29) is 17.7 Å². The van der Waals surface area contributed by atoms with Gasteiger partial charge in [0.1, 0.15) is 11.8 Å². The average Bonchev–Trinajstić information content (AvgIpc) is 2.66. The van der Waals surface area contributed by atoms with Crippen molar-refractivity contribution in [2.24, 2.45) is 5.92 Å². The Morgan fingerprint density at radius 3 is 2.38 bits per heavy atom. The third-order valence-electron chi connectivity index (χ3n) is 4.07. The van der Waals surface area contributed by atoms with Crippen molar-refractivity contribution in [3.63, 3.8) is 0 Å². The van der Waals surface area contributed by atoms with Crippen molar-refractivity contribution >= 4 is 11.8 Å². The Bertz CT molecular complexity index is 730. The molecule has 0 saturated heterocycles. The molecule has 26 heavy (non-hydrogen) atoms. The Kier molecular flexibility index (Phi) is 6.72. The molecule has 0 bridgehead atoms. The monoisotopic (exact) mass is 355 g/mol. The first-order valence-electron chi connectivity index (χ1n) is 8.52. The number of ether oxygens (including phenoxy) is 1. The Morgan fingerprint density at radius 2 is 1.85 bits per heavy atom. The molecule has 2 aromatic rings. The van der Waals surface area contributed by atoms with Crippen molar-refractivity contribution in [3.05, 3.63) is 59.9 Å². The molecule has 138 valence electrons. The van der Waals surface area contributed by atoms with Gasteiger partial charge >= 0.3 is 0 Å². The van der Waals surface area contributed by atoms with Crippen LogP contribution in [0.5, 0.6) is 5.75 Å². The summed E-state index contributed by atoms with van der Waals surface area (Å²) in [5.41, 5.74) is 1.28. The fraction of sp³-hybridized carbons (Fsp3) is 0.350. The molecule has 0 spiro atoms. The quantitative estimate of drug-likeness (QED) is 0.828. The highest BCUT2D eigenvalue weighted by Crippen LogP contribution is 2.13. The molecule has 1 N–H and O–H groups in total. The summed E-state index contributed by atoms with van der Waals surface area (Å²) in [6.45, 7) is 4.21. The third-order valence-corrected chi connectivity index (χ3v) is 4.07. The van der Waals surface area contributed by atoms with E-state index in [2.05, 4.69) is 10.3 Å². The number of aromatic nitrogens is 1. The maximum Gasteiger partial charge on any atom is 0.251 e. The Hall–Kier alpha value is -2.89. The second-order valence-electron chi connectivity index (χ2n) is 6.44. The SMILES string of the molecule is COc1ccc(C(=O)NC(C(=O)N(C)Cc2ccccn2)C(C)C)cc1. The predicted octanol–water partition coefficient (Wildman–Crippen LogP) is 2.50. The second kappa shape index (κ2) is 8.99. The van der Waals surface area contributed by atoms with Gasteiger partial charge in [0.15, 0.2) is 0 Å². The number of pyridine rings is 1. The van der Waals surface area contributed by atoms with Gasteiger partial charge in [-0.25, -0.2) is 0 Å². The highest BCUT2D eigenvalue weighted by atomic mass is 16.5. The van der Waals surface area contributed by atoms with Crippen LogP contribution in [0.2, 0.25) is 0 Å². The van der Waals surface area contributed by atoms with Gasteiger partial charge < -0.3 is 15.0 Å². The first kappa shape index (κ1) is 19.4. The molecule has 1 aromatic carbocycles. The van der Waals surface area contributed by atoms with Gasteiger partial charge in [-0.05, 0) is 42.3 Å². The molecule has 0 radical (unpaired) electrons. The number of hydrogen-bond acceptors (Lipinski definition) is 4. The molecule has 0 fully saturated rings. The van der Waals surface area contributed by atoms with Gasteiger partial charge in [-0.15, -0.1) is 0 Å². The molecule has 1 heterocycles. The number of rotatable bonds is 7. The molecule has 2 rings (SSSR count). The third kappa shape index (κ3) is 5.05. The lowest BCUT2D eigenvalue weighted by molar-refractivity contribution is -0.133. The van der Waals surface area contributed by atoms with E-state index in [0.29, 0.717) is 17.9 Å². The largest absolute Gasteiger partial charge is 0.497 e. The number of likely N-dealkylation sites (N-methyl/N-ethyl adjacent to an activating group) is 1. The Balaban J connectivity index is 2.06. The summed E-state index contributed by atoms with van der Waals surface area (Å²) in [7, 11) is 3.28. The summed E-state index contributed by atoms with van der Waals surface area (Å²) in [6, 6.07) is 11.7. The van der Waals surface area contributed by atoms with Gasteiger partial charge in [-0.2, -0.15) is 0 Å². The van der Waals surface area contributed by atoms with Crippen LogP contribution in [0.3, 0.4) is 0 Å². The molecule has 1 unspecified atom stereocenters. The van der Waals surface area contributed by atoms with Crippen LogP contribution in [-0.4, -0.2) is 41.9 Å². The van der Waals surface area contributed by atoms with Crippen molar-refractivity contribution in [2.75, 3.05) is 14.2 Å². The zero-order valence-electron chi connectivity index (χ0n) is 15.6. The van der Waals surface area contributed by atoms with Crippen molar-refractivity contribution < 1.29 is 14.3 Å². The lowest BCUT2D eigenvalue weighted by Crippen LogP contribution is -2.50. The summed E-state index contributed by atoms with van der Waals surface area (Å²) in [4.78, 5) is 31.2. The Morgan fingerprint density at radius 1 is 1.15 bits per heavy atom. The summed E-state index contributed by atoms with van der Waals surface area (Å²) >= 11 is 0. The average molecular weight is 355 g/mol. The van der Waals surface area contributed by atoms with Crippen LogP contribution >= 0.6 is 0 Å². The van der Waals surface area contributed by atoms with Crippen molar-refractivity contribution in [1.29, 1.82) is 0 Å². The van der Waals surface area contributed by atoms with E-state index in [1.165, 1.54) is 0 Å². The van der Waals surface area contributed by atoms with Crippen LogP contribution in [0, 0.1) is 5.92 Å². The van der Waals surface area contributed by atoms with Crippen LogP contribution in [0.1, 0.15) is 29.9 Å². The number of carbonyl (C=O) groups excluding carboxylic acids is 2. The van der Waals surface area contributed by atoms with Gasteiger partial charge in [0.05, 0.1) is 19.3 Å². The molecule has 6 nitrogen and oxygen atoms in total. The van der Waals surface area contributed by atoms with Crippen LogP contribution in [0.15, 0.2) is 48.7 Å². The molecule has 0 saturated carbocycles. The summed E-state index contributed by atoms with van der Waals surface area (Å²) in [6.07, 6.45) is 1.69. The number of methoxy groups -OCH3 is 1. The molecule has 2 amide bonds. The second-order valence-corrected chi connectivity index (χ2v) is 6.44. The minimum absolute atomic E-state index is 0.0455. The van der Waals surface area contributed by atoms with E-state index in [1.54, 1.807) is 49.5 Å². The molecule has 1 aromatic heterocycles. The molecule has 1 atom stereocenters. The zero-order chi connectivity index (χ0) is 19.1.